The standard InChI is InChI=1S/C15H24O6/c1-11(16)14-5-4-13(19-3)8-15(14)21-10-12(17)9-20-7-6-18-2/h4-5,8,11-12,16-17H,6-7,9-10H2,1-3H3/t11-,12?/m0/s1. The van der Waals surface area contributed by atoms with E-state index in [1.165, 1.54) is 0 Å². The minimum Gasteiger partial charge on any atom is -0.497 e. The second-order valence-electron chi connectivity index (χ2n) is 4.61. The number of rotatable bonds is 10. The summed E-state index contributed by atoms with van der Waals surface area (Å²) in [5.41, 5.74) is 0.642. The largest absolute Gasteiger partial charge is 0.497 e. The molecule has 0 spiro atoms. The summed E-state index contributed by atoms with van der Waals surface area (Å²) in [4.78, 5) is 0. The van der Waals surface area contributed by atoms with Gasteiger partial charge in [-0.25, -0.2) is 0 Å². The van der Waals surface area contributed by atoms with Gasteiger partial charge in [-0.05, 0) is 19.1 Å². The summed E-state index contributed by atoms with van der Waals surface area (Å²) in [5, 5.41) is 19.5. The van der Waals surface area contributed by atoms with Crippen LogP contribution < -0.4 is 9.47 Å². The average molecular weight is 300 g/mol. The predicted octanol–water partition coefficient (Wildman–Crippen LogP) is 1.15. The molecule has 0 aliphatic rings. The molecule has 0 saturated heterocycles. The summed E-state index contributed by atoms with van der Waals surface area (Å²) in [6.45, 7) is 2.79. The van der Waals surface area contributed by atoms with Gasteiger partial charge in [-0.3, -0.25) is 0 Å². The Balaban J connectivity index is 2.52. The molecule has 0 heterocycles. The van der Waals surface area contributed by atoms with Crippen molar-refractivity contribution in [3.63, 3.8) is 0 Å². The Morgan fingerprint density at radius 2 is 1.86 bits per heavy atom. The lowest BCUT2D eigenvalue weighted by molar-refractivity contribution is -0.00462. The molecule has 0 saturated carbocycles. The molecule has 1 rings (SSSR count). The van der Waals surface area contributed by atoms with Gasteiger partial charge in [0.1, 0.15) is 24.2 Å². The van der Waals surface area contributed by atoms with Gasteiger partial charge in [0, 0.05) is 18.7 Å². The van der Waals surface area contributed by atoms with Crippen LogP contribution in [-0.2, 0) is 9.47 Å². The third kappa shape index (κ3) is 6.31. The van der Waals surface area contributed by atoms with Crippen LogP contribution in [-0.4, -0.2) is 57.0 Å². The van der Waals surface area contributed by atoms with Crippen LogP contribution in [0.5, 0.6) is 11.5 Å². The smallest absolute Gasteiger partial charge is 0.128 e. The molecule has 0 aliphatic carbocycles. The van der Waals surface area contributed by atoms with E-state index >= 15 is 0 Å². The number of methoxy groups -OCH3 is 2. The lowest BCUT2D eigenvalue weighted by Gasteiger charge is -2.17. The van der Waals surface area contributed by atoms with Crippen LogP contribution in [0.1, 0.15) is 18.6 Å². The van der Waals surface area contributed by atoms with Gasteiger partial charge in [0.2, 0.25) is 0 Å². The van der Waals surface area contributed by atoms with E-state index in [1.54, 1.807) is 39.3 Å². The van der Waals surface area contributed by atoms with Crippen LogP contribution in [0.3, 0.4) is 0 Å². The van der Waals surface area contributed by atoms with Crippen LogP contribution in [0, 0.1) is 0 Å². The fraction of sp³-hybridized carbons (Fsp3) is 0.600. The minimum atomic E-state index is -0.755. The van der Waals surface area contributed by atoms with E-state index in [9.17, 15) is 10.2 Å². The molecule has 6 nitrogen and oxygen atoms in total. The van der Waals surface area contributed by atoms with Crippen molar-refractivity contribution in [3.8, 4) is 11.5 Å². The fourth-order valence-electron chi connectivity index (χ4n) is 1.71. The van der Waals surface area contributed by atoms with Crippen molar-refractivity contribution in [1.29, 1.82) is 0 Å². The van der Waals surface area contributed by atoms with Gasteiger partial charge in [-0.1, -0.05) is 0 Å². The normalized spacial score (nSPS) is 13.8. The summed E-state index contributed by atoms with van der Waals surface area (Å²) in [5.74, 6) is 1.11. The predicted molar refractivity (Wildman–Crippen MR) is 77.8 cm³/mol. The molecule has 0 bridgehead atoms. The van der Waals surface area contributed by atoms with Crippen molar-refractivity contribution < 1.29 is 29.2 Å². The maximum Gasteiger partial charge on any atom is 0.128 e. The van der Waals surface area contributed by atoms with Gasteiger partial charge in [-0.2, -0.15) is 0 Å². The fourth-order valence-corrected chi connectivity index (χ4v) is 1.71. The number of hydrogen-bond donors (Lipinski definition) is 2. The Morgan fingerprint density at radius 3 is 2.48 bits per heavy atom. The molecule has 2 N–H and O–H groups in total. The van der Waals surface area contributed by atoms with E-state index in [0.717, 1.165) is 0 Å². The molecule has 1 aromatic carbocycles. The number of aliphatic hydroxyl groups excluding tert-OH is 2. The van der Waals surface area contributed by atoms with E-state index in [-0.39, 0.29) is 13.2 Å². The van der Waals surface area contributed by atoms with Crippen LogP contribution >= 0.6 is 0 Å². The topological polar surface area (TPSA) is 77.4 Å². The SMILES string of the molecule is COCCOCC(O)COc1cc(OC)ccc1[C@H](C)O. The Bertz CT molecular complexity index is 407. The van der Waals surface area contributed by atoms with Gasteiger partial charge in [-0.15, -0.1) is 0 Å². The highest BCUT2D eigenvalue weighted by Gasteiger charge is 2.13. The number of ether oxygens (including phenoxy) is 4. The molecule has 1 unspecified atom stereocenters. The zero-order valence-corrected chi connectivity index (χ0v) is 12.7. The van der Waals surface area contributed by atoms with Crippen molar-refractivity contribution in [1.82, 2.24) is 0 Å². The third-order valence-corrected chi connectivity index (χ3v) is 2.84. The molecular weight excluding hydrogens is 276 g/mol. The van der Waals surface area contributed by atoms with Gasteiger partial charge in [0.15, 0.2) is 0 Å². The Labute approximate surface area is 125 Å². The first-order chi connectivity index (χ1) is 10.1. The Morgan fingerprint density at radius 1 is 1.10 bits per heavy atom. The zero-order valence-electron chi connectivity index (χ0n) is 12.7. The highest BCUT2D eigenvalue weighted by atomic mass is 16.5. The maximum atomic E-state index is 9.78. The van der Waals surface area contributed by atoms with Crippen molar-refractivity contribution in [2.45, 2.75) is 19.1 Å². The Hall–Kier alpha value is -1.34. The molecule has 2 atom stereocenters. The summed E-state index contributed by atoms with van der Waals surface area (Å²) in [6, 6.07) is 5.17. The molecule has 0 fully saturated rings. The first kappa shape index (κ1) is 17.7. The lowest BCUT2D eigenvalue weighted by atomic mass is 10.1. The lowest BCUT2D eigenvalue weighted by Crippen LogP contribution is -2.24. The monoisotopic (exact) mass is 300 g/mol. The highest BCUT2D eigenvalue weighted by molar-refractivity contribution is 5.41. The van der Waals surface area contributed by atoms with Gasteiger partial charge in [0.05, 0.1) is 33.0 Å². The molecule has 0 aromatic heterocycles. The first-order valence-electron chi connectivity index (χ1n) is 6.82. The second-order valence-corrected chi connectivity index (χ2v) is 4.61. The van der Waals surface area contributed by atoms with Gasteiger partial charge in [0.25, 0.3) is 0 Å². The molecule has 21 heavy (non-hydrogen) atoms. The summed E-state index contributed by atoms with van der Waals surface area (Å²) in [7, 11) is 3.14. The maximum absolute atomic E-state index is 9.78. The molecule has 6 heteroatoms. The van der Waals surface area contributed by atoms with Crippen molar-refractivity contribution in [3.05, 3.63) is 23.8 Å². The third-order valence-electron chi connectivity index (χ3n) is 2.84. The van der Waals surface area contributed by atoms with Crippen molar-refractivity contribution in [2.24, 2.45) is 0 Å². The second kappa shape index (κ2) is 9.57. The molecule has 0 radical (unpaired) electrons. The van der Waals surface area contributed by atoms with Crippen LogP contribution in [0.15, 0.2) is 18.2 Å². The van der Waals surface area contributed by atoms with Gasteiger partial charge >= 0.3 is 0 Å². The van der Waals surface area contributed by atoms with Crippen LogP contribution in [0.4, 0.5) is 0 Å². The number of benzene rings is 1. The summed E-state index contributed by atoms with van der Waals surface area (Å²) >= 11 is 0. The summed E-state index contributed by atoms with van der Waals surface area (Å²) in [6.07, 6.45) is -1.42. The van der Waals surface area contributed by atoms with Crippen LogP contribution in [0.25, 0.3) is 0 Å². The first-order valence-corrected chi connectivity index (χ1v) is 6.82. The van der Waals surface area contributed by atoms with Crippen molar-refractivity contribution in [2.75, 3.05) is 40.6 Å². The molecule has 0 aliphatic heterocycles. The minimum absolute atomic E-state index is 0.0693. The zero-order chi connectivity index (χ0) is 15.7. The Kier molecular flexibility index (Phi) is 8.07. The van der Waals surface area contributed by atoms with Crippen LogP contribution in [0.2, 0.25) is 0 Å². The highest BCUT2D eigenvalue weighted by Crippen LogP contribution is 2.29. The van der Waals surface area contributed by atoms with E-state index in [1.807, 2.05) is 0 Å². The number of aliphatic hydroxyl groups is 2. The van der Waals surface area contributed by atoms with E-state index in [4.69, 9.17) is 18.9 Å². The number of hydrogen-bond acceptors (Lipinski definition) is 6. The van der Waals surface area contributed by atoms with E-state index < -0.39 is 12.2 Å². The summed E-state index contributed by atoms with van der Waals surface area (Å²) < 4.78 is 20.7. The molecule has 1 aromatic rings. The van der Waals surface area contributed by atoms with Gasteiger partial charge < -0.3 is 29.2 Å². The van der Waals surface area contributed by atoms with Crippen molar-refractivity contribution >= 4 is 0 Å². The molecule has 0 amide bonds. The quantitative estimate of drug-likeness (QED) is 0.631. The molecular formula is C15H24O6. The van der Waals surface area contributed by atoms with E-state index in [0.29, 0.717) is 30.3 Å². The van der Waals surface area contributed by atoms with E-state index in [2.05, 4.69) is 0 Å². The molecule has 120 valence electrons. The average Bonchev–Trinajstić information content (AvgIpc) is 2.49.